The number of rotatable bonds is 6. The van der Waals surface area contributed by atoms with Gasteiger partial charge in [-0.15, -0.1) is 4.91 Å². The monoisotopic (exact) mass is 445 g/mol. The second kappa shape index (κ2) is 7.71. The number of nitrogens with one attached hydrogen (secondary N) is 3. The molecule has 158 valence electrons. The average molecular weight is 445 g/mol. The predicted octanol–water partition coefficient (Wildman–Crippen LogP) is 4.45. The van der Waals surface area contributed by atoms with E-state index in [4.69, 9.17) is 0 Å². The summed E-state index contributed by atoms with van der Waals surface area (Å²) < 4.78 is 28.4. The Labute approximate surface area is 181 Å². The molecule has 0 atom stereocenters. The second-order valence-corrected chi connectivity index (χ2v) is 8.58. The largest absolute Gasteiger partial charge is 0.337 e. The summed E-state index contributed by atoms with van der Waals surface area (Å²) >= 11 is 0. The summed E-state index contributed by atoms with van der Waals surface area (Å²) in [5.74, 6) is 0.230. The van der Waals surface area contributed by atoms with Crippen molar-refractivity contribution in [3.63, 3.8) is 0 Å². The highest BCUT2D eigenvalue weighted by atomic mass is 32.2. The van der Waals surface area contributed by atoms with E-state index in [0.717, 1.165) is 10.9 Å². The predicted molar refractivity (Wildman–Crippen MR) is 122 cm³/mol. The van der Waals surface area contributed by atoms with Gasteiger partial charge in [-0.2, -0.15) is 5.10 Å². The number of anilines is 3. The molecule has 10 nitrogen and oxygen atoms in total. The number of benzene rings is 3. The van der Waals surface area contributed by atoms with E-state index in [1.807, 2.05) is 24.3 Å². The van der Waals surface area contributed by atoms with E-state index in [1.165, 1.54) is 24.3 Å². The fourth-order valence-electron chi connectivity index (χ4n) is 3.20. The first-order chi connectivity index (χ1) is 15.5. The summed E-state index contributed by atoms with van der Waals surface area (Å²) in [7, 11) is -4.06. The van der Waals surface area contributed by atoms with Gasteiger partial charge in [0.25, 0.3) is 10.0 Å². The molecule has 0 unspecified atom stereocenters. The molecule has 2 heterocycles. The van der Waals surface area contributed by atoms with Crippen LogP contribution in [0.1, 0.15) is 0 Å². The third-order valence-electron chi connectivity index (χ3n) is 4.74. The molecule has 0 amide bonds. The summed E-state index contributed by atoms with van der Waals surface area (Å²) in [6.07, 6.45) is 1.71. The van der Waals surface area contributed by atoms with Crippen LogP contribution in [0.15, 0.2) is 83.0 Å². The van der Waals surface area contributed by atoms with E-state index < -0.39 is 10.0 Å². The van der Waals surface area contributed by atoms with E-state index in [0.29, 0.717) is 16.7 Å². The lowest BCUT2D eigenvalue weighted by atomic mass is 10.2. The van der Waals surface area contributed by atoms with Crippen LogP contribution < -0.4 is 10.0 Å². The van der Waals surface area contributed by atoms with E-state index in [1.54, 1.807) is 24.4 Å². The van der Waals surface area contributed by atoms with Crippen molar-refractivity contribution >= 4 is 55.0 Å². The number of aromatic amines is 1. The lowest BCUT2D eigenvalue weighted by Gasteiger charge is -2.14. The first-order valence-electron chi connectivity index (χ1n) is 9.45. The van der Waals surface area contributed by atoms with E-state index >= 15 is 0 Å². The molecular weight excluding hydrogens is 430 g/mol. The number of fused-ring (bicyclic) bond motifs is 2. The standard InChI is InChI=1S/C21H15N7O3S/c29-27-15-4-3-5-16(10-15)32(30,31)28-21-20(24-17-6-1-2-7-18(17)25-21)23-14-9-8-13-12-22-26-19(13)11-14/h1-12H,(H,22,26)(H,23,24)(H,25,28). The van der Waals surface area contributed by atoms with Crippen molar-refractivity contribution < 1.29 is 8.42 Å². The summed E-state index contributed by atoms with van der Waals surface area (Å²) in [6, 6.07) is 18.1. The van der Waals surface area contributed by atoms with Crippen LogP contribution in [0.3, 0.4) is 0 Å². The first kappa shape index (κ1) is 19.6. The van der Waals surface area contributed by atoms with Crippen molar-refractivity contribution in [3.05, 3.63) is 77.8 Å². The zero-order valence-electron chi connectivity index (χ0n) is 16.4. The summed E-state index contributed by atoms with van der Waals surface area (Å²) in [4.78, 5) is 19.7. The summed E-state index contributed by atoms with van der Waals surface area (Å²) in [5.41, 5.74) is 2.59. The lowest BCUT2D eigenvalue weighted by molar-refractivity contribution is 0.601. The number of hydrogen-bond acceptors (Lipinski definition) is 8. The zero-order chi connectivity index (χ0) is 22.1. The molecule has 5 aromatic rings. The molecule has 0 fully saturated rings. The van der Waals surface area contributed by atoms with Crippen LogP contribution in [0, 0.1) is 4.91 Å². The van der Waals surface area contributed by atoms with Crippen molar-refractivity contribution in [3.8, 4) is 0 Å². The van der Waals surface area contributed by atoms with Crippen LogP contribution in [0.2, 0.25) is 0 Å². The molecule has 3 aromatic carbocycles. The normalized spacial score (nSPS) is 11.5. The van der Waals surface area contributed by atoms with Gasteiger partial charge in [0.15, 0.2) is 11.6 Å². The molecule has 5 rings (SSSR count). The highest BCUT2D eigenvalue weighted by Crippen LogP contribution is 2.29. The molecule has 32 heavy (non-hydrogen) atoms. The van der Waals surface area contributed by atoms with Gasteiger partial charge in [0, 0.05) is 11.1 Å². The third-order valence-corrected chi connectivity index (χ3v) is 6.08. The van der Waals surface area contributed by atoms with Gasteiger partial charge in [0.1, 0.15) is 5.69 Å². The number of aromatic nitrogens is 4. The van der Waals surface area contributed by atoms with Gasteiger partial charge >= 0.3 is 0 Å². The van der Waals surface area contributed by atoms with Crippen molar-refractivity contribution in [2.45, 2.75) is 4.90 Å². The molecule has 0 saturated heterocycles. The first-order valence-corrected chi connectivity index (χ1v) is 10.9. The van der Waals surface area contributed by atoms with Crippen LogP contribution in [0.5, 0.6) is 0 Å². The van der Waals surface area contributed by atoms with Gasteiger partial charge in [0.2, 0.25) is 0 Å². The van der Waals surface area contributed by atoms with E-state index in [-0.39, 0.29) is 22.2 Å². The SMILES string of the molecule is O=Nc1cccc(S(=O)(=O)Nc2nc3ccccc3nc2Nc2ccc3cn[nH]c3c2)c1. The van der Waals surface area contributed by atoms with Crippen LogP contribution >= 0.6 is 0 Å². The number of H-pyrrole nitrogens is 1. The molecule has 0 aliphatic carbocycles. The maximum atomic E-state index is 13.0. The fraction of sp³-hybridized carbons (Fsp3) is 0. The van der Waals surface area contributed by atoms with Gasteiger partial charge in [-0.1, -0.05) is 18.2 Å². The minimum Gasteiger partial charge on any atom is -0.337 e. The van der Waals surface area contributed by atoms with E-state index in [9.17, 15) is 13.3 Å². The maximum absolute atomic E-state index is 13.0. The highest BCUT2D eigenvalue weighted by Gasteiger charge is 2.20. The topological polar surface area (TPSA) is 142 Å². The van der Waals surface area contributed by atoms with E-state index in [2.05, 4.69) is 35.4 Å². The Kier molecular flexibility index (Phi) is 4.71. The average Bonchev–Trinajstić information content (AvgIpc) is 3.27. The zero-order valence-corrected chi connectivity index (χ0v) is 17.2. The second-order valence-electron chi connectivity index (χ2n) is 6.90. The van der Waals surface area contributed by atoms with Crippen LogP contribution in [0.4, 0.5) is 23.0 Å². The molecule has 0 spiro atoms. The fourth-order valence-corrected chi connectivity index (χ4v) is 4.25. The van der Waals surface area contributed by atoms with Crippen LogP contribution in [0.25, 0.3) is 21.9 Å². The molecule has 2 aromatic heterocycles. The van der Waals surface area contributed by atoms with Gasteiger partial charge in [-0.3, -0.25) is 9.82 Å². The number of hydrogen-bond donors (Lipinski definition) is 3. The summed E-state index contributed by atoms with van der Waals surface area (Å²) in [6.45, 7) is 0. The Morgan fingerprint density at radius 2 is 1.66 bits per heavy atom. The molecule has 0 aliphatic rings. The number of nitroso groups, excluding NO2 is 1. The Balaban J connectivity index is 1.58. The van der Waals surface area contributed by atoms with Gasteiger partial charge in [0.05, 0.1) is 27.6 Å². The van der Waals surface area contributed by atoms with Crippen LogP contribution in [-0.2, 0) is 10.0 Å². The molecule has 3 N–H and O–H groups in total. The molecule has 11 heteroatoms. The quantitative estimate of drug-likeness (QED) is 0.328. The van der Waals surface area contributed by atoms with Gasteiger partial charge in [-0.05, 0) is 53.7 Å². The Hall–Kier alpha value is -4.38. The molecule has 0 bridgehead atoms. The number of nitrogens with zero attached hydrogens (tertiary/aromatic N) is 4. The van der Waals surface area contributed by atoms with Gasteiger partial charge < -0.3 is 5.32 Å². The molecule has 0 saturated carbocycles. The minimum absolute atomic E-state index is 0.00341. The molecule has 0 aliphatic heterocycles. The van der Waals surface area contributed by atoms with Gasteiger partial charge in [-0.25, -0.2) is 18.4 Å². The Morgan fingerprint density at radius 1 is 0.875 bits per heavy atom. The van der Waals surface area contributed by atoms with Crippen molar-refractivity contribution in [1.82, 2.24) is 20.2 Å². The lowest BCUT2D eigenvalue weighted by Crippen LogP contribution is -2.16. The number of para-hydroxylation sites is 2. The van der Waals surface area contributed by atoms with Crippen molar-refractivity contribution in [1.29, 1.82) is 0 Å². The van der Waals surface area contributed by atoms with Crippen LogP contribution in [-0.4, -0.2) is 28.6 Å². The smallest absolute Gasteiger partial charge is 0.263 e. The summed E-state index contributed by atoms with van der Waals surface area (Å²) in [5, 5.41) is 13.7. The molecule has 0 radical (unpaired) electrons. The van der Waals surface area contributed by atoms with Crippen molar-refractivity contribution in [2.75, 3.05) is 10.0 Å². The molecular formula is C21H15N7O3S. The Morgan fingerprint density at radius 3 is 2.44 bits per heavy atom. The minimum atomic E-state index is -4.06. The number of sulfonamides is 1. The Bertz CT molecular complexity index is 1580. The highest BCUT2D eigenvalue weighted by molar-refractivity contribution is 7.92. The third kappa shape index (κ3) is 3.72. The van der Waals surface area contributed by atoms with Crippen molar-refractivity contribution in [2.24, 2.45) is 5.18 Å². The maximum Gasteiger partial charge on any atom is 0.263 e.